The second-order valence-electron chi connectivity index (χ2n) is 6.74. The number of imidazole rings is 1. The maximum atomic E-state index is 12.6. The van der Waals surface area contributed by atoms with Gasteiger partial charge in [0.05, 0.1) is 17.2 Å². The molecule has 2 heterocycles. The topological polar surface area (TPSA) is 89.5 Å². The highest BCUT2D eigenvalue weighted by Gasteiger charge is 2.18. The van der Waals surface area contributed by atoms with E-state index in [4.69, 9.17) is 0 Å². The number of rotatable bonds is 6. The summed E-state index contributed by atoms with van der Waals surface area (Å²) in [4.78, 5) is 28.2. The van der Waals surface area contributed by atoms with Crippen LogP contribution in [0.3, 0.4) is 0 Å². The van der Waals surface area contributed by atoms with E-state index in [-0.39, 0.29) is 17.0 Å². The van der Waals surface area contributed by atoms with E-state index in [1.807, 2.05) is 41.9 Å². The van der Waals surface area contributed by atoms with Gasteiger partial charge in [0.2, 0.25) is 0 Å². The van der Waals surface area contributed by atoms with Gasteiger partial charge >= 0.3 is 0 Å². The molecule has 0 unspecified atom stereocenters. The predicted molar refractivity (Wildman–Crippen MR) is 110 cm³/mol. The standard InChI is InChI=1S/C22H18N4O3/c1-15-9-10-25-14-18(24-21(25)11-15)13-23-19-8-7-17(12-20(19)26(28)29)22(27)16-5-3-2-4-6-16/h2-12,14,23H,13H2,1H3. The van der Waals surface area contributed by atoms with Crippen LogP contribution in [0.2, 0.25) is 0 Å². The molecule has 0 saturated heterocycles. The largest absolute Gasteiger partial charge is 0.374 e. The molecule has 2 aromatic carbocycles. The van der Waals surface area contributed by atoms with Crippen molar-refractivity contribution in [2.75, 3.05) is 5.32 Å². The van der Waals surface area contributed by atoms with E-state index in [2.05, 4.69) is 10.3 Å². The first-order valence-electron chi connectivity index (χ1n) is 9.07. The Kier molecular flexibility index (Phi) is 4.78. The molecule has 4 aromatic rings. The number of hydrogen-bond donors (Lipinski definition) is 1. The Balaban J connectivity index is 1.58. The molecule has 0 saturated carbocycles. The quantitative estimate of drug-likeness (QED) is 0.301. The van der Waals surface area contributed by atoms with Crippen molar-refractivity contribution in [3.8, 4) is 0 Å². The molecule has 2 aromatic heterocycles. The summed E-state index contributed by atoms with van der Waals surface area (Å²) in [7, 11) is 0. The summed E-state index contributed by atoms with van der Waals surface area (Å²) in [6.45, 7) is 2.32. The lowest BCUT2D eigenvalue weighted by Crippen LogP contribution is -2.06. The molecule has 0 amide bonds. The zero-order valence-corrected chi connectivity index (χ0v) is 15.7. The van der Waals surface area contributed by atoms with Gasteiger partial charge in [0.1, 0.15) is 11.3 Å². The van der Waals surface area contributed by atoms with E-state index in [0.717, 1.165) is 16.9 Å². The number of fused-ring (bicyclic) bond motifs is 1. The molecule has 144 valence electrons. The first-order chi connectivity index (χ1) is 14.0. The summed E-state index contributed by atoms with van der Waals surface area (Å²) in [5.74, 6) is -0.254. The third kappa shape index (κ3) is 3.84. The number of aryl methyl sites for hydroxylation is 1. The smallest absolute Gasteiger partial charge is 0.293 e. The molecule has 1 N–H and O–H groups in total. The minimum Gasteiger partial charge on any atom is -0.374 e. The Morgan fingerprint density at radius 1 is 1.10 bits per heavy atom. The molecule has 0 radical (unpaired) electrons. The van der Waals surface area contributed by atoms with Crippen molar-refractivity contribution in [1.82, 2.24) is 9.38 Å². The van der Waals surface area contributed by atoms with E-state index in [1.165, 1.54) is 6.07 Å². The Morgan fingerprint density at radius 3 is 2.66 bits per heavy atom. The van der Waals surface area contributed by atoms with Gasteiger partial charge in [-0.1, -0.05) is 30.3 Å². The first kappa shape index (κ1) is 18.4. The summed E-state index contributed by atoms with van der Waals surface area (Å²) in [6, 6.07) is 17.1. The number of pyridine rings is 1. The van der Waals surface area contributed by atoms with E-state index in [0.29, 0.717) is 17.8 Å². The van der Waals surface area contributed by atoms with Crippen LogP contribution in [-0.2, 0) is 6.54 Å². The Labute approximate surface area is 166 Å². The van der Waals surface area contributed by atoms with Crippen molar-refractivity contribution < 1.29 is 9.72 Å². The molecule has 0 aliphatic heterocycles. The first-order valence-corrected chi connectivity index (χ1v) is 9.07. The lowest BCUT2D eigenvalue weighted by Gasteiger charge is -2.07. The molecular weight excluding hydrogens is 368 g/mol. The maximum absolute atomic E-state index is 12.6. The Hall–Kier alpha value is -4.00. The highest BCUT2D eigenvalue weighted by molar-refractivity contribution is 6.09. The average Bonchev–Trinajstić information content (AvgIpc) is 3.14. The fourth-order valence-corrected chi connectivity index (χ4v) is 3.14. The molecule has 0 spiro atoms. The third-order valence-electron chi connectivity index (χ3n) is 4.62. The number of anilines is 1. The summed E-state index contributed by atoms with van der Waals surface area (Å²) in [6.07, 6.45) is 3.80. The van der Waals surface area contributed by atoms with Gasteiger partial charge in [-0.15, -0.1) is 0 Å². The van der Waals surface area contributed by atoms with Crippen LogP contribution in [0.15, 0.2) is 73.1 Å². The molecule has 0 bridgehead atoms. The van der Waals surface area contributed by atoms with Crippen LogP contribution in [0.1, 0.15) is 27.2 Å². The number of carbonyl (C=O) groups excluding carboxylic acids is 1. The molecular formula is C22H18N4O3. The van der Waals surface area contributed by atoms with Gasteiger partial charge in [-0.2, -0.15) is 0 Å². The number of nitro benzene ring substituents is 1. The molecule has 0 fully saturated rings. The van der Waals surface area contributed by atoms with E-state index in [1.54, 1.807) is 36.4 Å². The van der Waals surface area contributed by atoms with Crippen LogP contribution in [0, 0.1) is 17.0 Å². The van der Waals surface area contributed by atoms with Gasteiger partial charge in [-0.3, -0.25) is 14.9 Å². The van der Waals surface area contributed by atoms with Gasteiger partial charge in [0.15, 0.2) is 5.78 Å². The minimum atomic E-state index is -0.489. The number of nitro groups is 1. The summed E-state index contributed by atoms with van der Waals surface area (Å²) < 4.78 is 1.90. The average molecular weight is 386 g/mol. The normalized spacial score (nSPS) is 10.8. The van der Waals surface area contributed by atoms with Gasteiger partial charge in [0.25, 0.3) is 5.69 Å². The molecule has 4 rings (SSSR count). The van der Waals surface area contributed by atoms with E-state index >= 15 is 0 Å². The zero-order chi connectivity index (χ0) is 20.4. The van der Waals surface area contributed by atoms with E-state index in [9.17, 15) is 14.9 Å². The lowest BCUT2D eigenvalue weighted by molar-refractivity contribution is -0.384. The van der Waals surface area contributed by atoms with Gasteiger partial charge in [-0.05, 0) is 36.8 Å². The number of ketones is 1. The van der Waals surface area contributed by atoms with Crippen molar-refractivity contribution in [3.63, 3.8) is 0 Å². The van der Waals surface area contributed by atoms with Gasteiger partial charge in [0, 0.05) is 29.6 Å². The monoisotopic (exact) mass is 386 g/mol. The van der Waals surface area contributed by atoms with Crippen LogP contribution in [0.5, 0.6) is 0 Å². The highest BCUT2D eigenvalue weighted by atomic mass is 16.6. The van der Waals surface area contributed by atoms with Crippen LogP contribution < -0.4 is 5.32 Å². The third-order valence-corrected chi connectivity index (χ3v) is 4.62. The van der Waals surface area contributed by atoms with Crippen LogP contribution in [-0.4, -0.2) is 20.1 Å². The van der Waals surface area contributed by atoms with Crippen molar-refractivity contribution in [3.05, 3.63) is 106 Å². The van der Waals surface area contributed by atoms with Crippen molar-refractivity contribution in [1.29, 1.82) is 0 Å². The van der Waals surface area contributed by atoms with Gasteiger partial charge < -0.3 is 9.72 Å². The van der Waals surface area contributed by atoms with E-state index < -0.39 is 4.92 Å². The van der Waals surface area contributed by atoms with Gasteiger partial charge in [-0.25, -0.2) is 4.98 Å². The second-order valence-corrected chi connectivity index (χ2v) is 6.74. The zero-order valence-electron chi connectivity index (χ0n) is 15.7. The lowest BCUT2D eigenvalue weighted by atomic mass is 10.0. The Morgan fingerprint density at radius 2 is 1.90 bits per heavy atom. The summed E-state index contributed by atoms with van der Waals surface area (Å²) >= 11 is 0. The van der Waals surface area contributed by atoms with Crippen LogP contribution in [0.25, 0.3) is 5.65 Å². The number of benzene rings is 2. The number of aromatic nitrogens is 2. The van der Waals surface area contributed by atoms with Crippen molar-refractivity contribution >= 4 is 22.8 Å². The maximum Gasteiger partial charge on any atom is 0.293 e. The highest BCUT2D eigenvalue weighted by Crippen LogP contribution is 2.27. The predicted octanol–water partition coefficient (Wildman–Crippen LogP) is 4.39. The fourth-order valence-electron chi connectivity index (χ4n) is 3.14. The second kappa shape index (κ2) is 7.55. The number of nitrogens with zero attached hydrogens (tertiary/aromatic N) is 3. The summed E-state index contributed by atoms with van der Waals surface area (Å²) in [5, 5.41) is 14.6. The number of carbonyl (C=O) groups is 1. The molecule has 0 atom stereocenters. The SMILES string of the molecule is Cc1ccn2cc(CNc3ccc(C(=O)c4ccccc4)cc3[N+](=O)[O-])nc2c1. The van der Waals surface area contributed by atoms with Crippen LogP contribution in [0.4, 0.5) is 11.4 Å². The molecule has 7 heteroatoms. The molecule has 0 aliphatic rings. The molecule has 7 nitrogen and oxygen atoms in total. The van der Waals surface area contributed by atoms with Crippen LogP contribution >= 0.6 is 0 Å². The Bertz CT molecular complexity index is 1220. The van der Waals surface area contributed by atoms with Crippen molar-refractivity contribution in [2.24, 2.45) is 0 Å². The molecule has 29 heavy (non-hydrogen) atoms. The number of nitrogens with one attached hydrogen (secondary N) is 1. The summed E-state index contributed by atoms with van der Waals surface area (Å²) in [5.41, 5.74) is 3.64. The van der Waals surface area contributed by atoms with Crippen molar-refractivity contribution in [2.45, 2.75) is 13.5 Å². The molecule has 0 aliphatic carbocycles. The fraction of sp³-hybridized carbons (Fsp3) is 0.0909. The minimum absolute atomic E-state index is 0.147. The number of hydrogen-bond acceptors (Lipinski definition) is 5.